The van der Waals surface area contributed by atoms with Crippen molar-refractivity contribution in [1.82, 2.24) is 0 Å². The Hall–Kier alpha value is -1.06. The summed E-state index contributed by atoms with van der Waals surface area (Å²) in [4.78, 5) is 0. The van der Waals surface area contributed by atoms with E-state index in [1.165, 1.54) is 32.1 Å². The van der Waals surface area contributed by atoms with Gasteiger partial charge in [0.05, 0.1) is 18.8 Å². The molecule has 10 rings (SSSR count). The van der Waals surface area contributed by atoms with Crippen LogP contribution >= 0.6 is 0 Å². The van der Waals surface area contributed by atoms with Crippen LogP contribution in [0.25, 0.3) is 0 Å². The summed E-state index contributed by atoms with van der Waals surface area (Å²) in [7, 11) is 0. The van der Waals surface area contributed by atoms with Gasteiger partial charge in [-0.25, -0.2) is 0 Å². The van der Waals surface area contributed by atoms with Gasteiger partial charge in [0.1, 0.15) is 5.75 Å². The molecule has 14 atom stereocenters. The summed E-state index contributed by atoms with van der Waals surface area (Å²) in [6, 6.07) is 10.3. The fraction of sp³-hybridized carbons (Fsp3) is 0.778. The first-order chi connectivity index (χ1) is 14.7. The van der Waals surface area contributed by atoms with Gasteiger partial charge in [-0.3, -0.25) is 0 Å². The zero-order valence-electron chi connectivity index (χ0n) is 17.5. The van der Waals surface area contributed by atoms with Crippen molar-refractivity contribution in [3.05, 3.63) is 30.3 Å². The third kappa shape index (κ3) is 1.20. The number of hydrogen-bond donors (Lipinski definition) is 2. The van der Waals surface area contributed by atoms with Gasteiger partial charge in [0.25, 0.3) is 0 Å². The number of rotatable bonds is 4. The highest BCUT2D eigenvalue weighted by molar-refractivity contribution is 5.47. The molecule has 0 saturated heterocycles. The molecule has 9 saturated carbocycles. The highest BCUT2D eigenvalue weighted by Crippen LogP contribution is 2.98. The van der Waals surface area contributed by atoms with Gasteiger partial charge in [0.2, 0.25) is 0 Å². The SMILES string of the molecule is OC[C@]12[C@@H]3[C@H]4CC[C@H]5[C@@H]4[C@@H]4[C@@H]3[C@H]3[C@@H]1[C@@H]1CCC[C@@H]1[C@@H]3[C@]4(COc1ccccc1)[C@@]52O. The van der Waals surface area contributed by atoms with E-state index in [4.69, 9.17) is 4.74 Å². The quantitative estimate of drug-likeness (QED) is 0.806. The zero-order chi connectivity index (χ0) is 19.6. The molecule has 9 fully saturated rings. The second kappa shape index (κ2) is 4.66. The van der Waals surface area contributed by atoms with Crippen LogP contribution in [-0.2, 0) is 0 Å². The maximum Gasteiger partial charge on any atom is 0.119 e. The lowest BCUT2D eigenvalue weighted by atomic mass is 9.43. The number of para-hydroxylation sites is 1. The topological polar surface area (TPSA) is 49.7 Å². The minimum absolute atomic E-state index is 0.109. The van der Waals surface area contributed by atoms with E-state index in [1.807, 2.05) is 6.07 Å². The highest BCUT2D eigenvalue weighted by atomic mass is 16.5. The molecule has 0 spiro atoms. The number of ether oxygens (including phenoxy) is 1. The van der Waals surface area contributed by atoms with Crippen LogP contribution in [0.2, 0.25) is 0 Å². The highest BCUT2D eigenvalue weighted by Gasteiger charge is 3.00. The standard InChI is InChI=1S/C27H32O3/c28-11-25-21-14-7-4-8-15(14)22-19(21)20-23(25)16-9-10-17-18(16)24(20)26(22,27(17,25)29)12-30-13-5-2-1-3-6-13/h1-3,5-6,14-24,28-29H,4,7-12H2/t14-,15+,16+,17+,18-,19+,20-,21+,22+,23-,24-,25-,26+,27-/m1/s1. The van der Waals surface area contributed by atoms with Crippen molar-refractivity contribution in [2.45, 2.75) is 37.7 Å². The first-order valence-electron chi connectivity index (χ1n) is 12.7. The second-order valence-corrected chi connectivity index (χ2v) is 12.5. The van der Waals surface area contributed by atoms with Gasteiger partial charge in [0.15, 0.2) is 0 Å². The molecule has 0 heterocycles. The molecule has 9 aliphatic rings. The monoisotopic (exact) mass is 404 g/mol. The van der Waals surface area contributed by atoms with E-state index < -0.39 is 5.60 Å². The van der Waals surface area contributed by atoms with E-state index in [9.17, 15) is 10.2 Å². The first-order valence-corrected chi connectivity index (χ1v) is 12.7. The Balaban J connectivity index is 1.30. The Morgan fingerprint density at radius 1 is 0.800 bits per heavy atom. The average Bonchev–Trinajstić information content (AvgIpc) is 3.54. The van der Waals surface area contributed by atoms with Crippen molar-refractivity contribution in [1.29, 1.82) is 0 Å². The van der Waals surface area contributed by atoms with Crippen LogP contribution in [0.5, 0.6) is 5.75 Å². The summed E-state index contributed by atoms with van der Waals surface area (Å²) in [5.41, 5.74) is -1.03. The van der Waals surface area contributed by atoms with Crippen LogP contribution in [0.1, 0.15) is 32.1 Å². The van der Waals surface area contributed by atoms with Gasteiger partial charge >= 0.3 is 0 Å². The van der Waals surface area contributed by atoms with E-state index in [0.29, 0.717) is 36.2 Å². The van der Waals surface area contributed by atoms with E-state index in [1.54, 1.807) is 0 Å². The molecule has 9 bridgehead atoms. The smallest absolute Gasteiger partial charge is 0.119 e. The van der Waals surface area contributed by atoms with Crippen LogP contribution in [0.15, 0.2) is 30.3 Å². The second-order valence-electron chi connectivity index (χ2n) is 12.5. The number of fused-ring (bicyclic) bond motifs is 1. The molecule has 1 aromatic carbocycles. The lowest BCUT2D eigenvalue weighted by Gasteiger charge is -2.64. The maximum atomic E-state index is 13.1. The third-order valence-corrected chi connectivity index (χ3v) is 13.1. The molecule has 0 aliphatic heterocycles. The first kappa shape index (κ1) is 16.6. The Morgan fingerprint density at radius 2 is 1.50 bits per heavy atom. The Morgan fingerprint density at radius 3 is 2.27 bits per heavy atom. The fourth-order valence-corrected chi connectivity index (χ4v) is 13.7. The molecule has 30 heavy (non-hydrogen) atoms. The number of aliphatic hydroxyl groups excluding tert-OH is 1. The molecule has 2 N–H and O–H groups in total. The summed E-state index contributed by atoms with van der Waals surface area (Å²) >= 11 is 0. The van der Waals surface area contributed by atoms with Crippen molar-refractivity contribution < 1.29 is 14.9 Å². The van der Waals surface area contributed by atoms with E-state index >= 15 is 0 Å². The molecule has 1 aromatic rings. The predicted octanol–water partition coefficient (Wildman–Crippen LogP) is 3.60. The summed E-state index contributed by atoms with van der Waals surface area (Å²) in [6.45, 7) is 0.904. The van der Waals surface area contributed by atoms with E-state index in [-0.39, 0.29) is 17.4 Å². The molecule has 9 aliphatic carbocycles. The molecule has 3 heteroatoms. The van der Waals surface area contributed by atoms with Gasteiger partial charge in [-0.05, 0) is 103 Å². The molecule has 158 valence electrons. The Kier molecular flexibility index (Phi) is 2.57. The maximum absolute atomic E-state index is 13.1. The Bertz CT molecular complexity index is 962. The summed E-state index contributed by atoms with van der Waals surface area (Å²) in [5.74, 6) is 8.47. The van der Waals surface area contributed by atoms with Gasteiger partial charge in [-0.2, -0.15) is 0 Å². The van der Waals surface area contributed by atoms with Gasteiger partial charge in [-0.1, -0.05) is 24.6 Å². The van der Waals surface area contributed by atoms with Crippen LogP contribution in [0.3, 0.4) is 0 Å². The van der Waals surface area contributed by atoms with Gasteiger partial charge in [0, 0.05) is 10.8 Å². The van der Waals surface area contributed by atoms with Crippen LogP contribution in [0, 0.1) is 75.9 Å². The zero-order valence-corrected chi connectivity index (χ0v) is 17.5. The summed E-state index contributed by atoms with van der Waals surface area (Å²) in [5, 5.41) is 24.3. The van der Waals surface area contributed by atoms with Crippen LogP contribution < -0.4 is 4.74 Å². The number of benzene rings is 1. The van der Waals surface area contributed by atoms with E-state index in [0.717, 1.165) is 41.3 Å². The lowest BCUT2D eigenvalue weighted by Crippen LogP contribution is -2.72. The molecule has 0 amide bonds. The minimum Gasteiger partial charge on any atom is -0.493 e. The number of hydrogen-bond acceptors (Lipinski definition) is 3. The van der Waals surface area contributed by atoms with Crippen molar-refractivity contribution in [2.24, 2.45) is 75.9 Å². The molecule has 0 unspecified atom stereocenters. The van der Waals surface area contributed by atoms with Crippen molar-refractivity contribution in [2.75, 3.05) is 13.2 Å². The molecular formula is C27H32O3. The third-order valence-electron chi connectivity index (χ3n) is 13.1. The van der Waals surface area contributed by atoms with Crippen LogP contribution in [-0.4, -0.2) is 29.0 Å². The summed E-state index contributed by atoms with van der Waals surface area (Å²) < 4.78 is 6.60. The molecule has 3 nitrogen and oxygen atoms in total. The van der Waals surface area contributed by atoms with E-state index in [2.05, 4.69) is 24.3 Å². The fourth-order valence-electron chi connectivity index (χ4n) is 13.7. The van der Waals surface area contributed by atoms with Crippen molar-refractivity contribution in [3.63, 3.8) is 0 Å². The molecule has 0 aromatic heterocycles. The average molecular weight is 405 g/mol. The lowest BCUT2D eigenvalue weighted by molar-refractivity contribution is -0.282. The normalized spacial score (nSPS) is 66.0. The van der Waals surface area contributed by atoms with Crippen LogP contribution in [0.4, 0.5) is 0 Å². The summed E-state index contributed by atoms with van der Waals surface area (Å²) in [6.07, 6.45) is 6.57. The largest absolute Gasteiger partial charge is 0.493 e. The van der Waals surface area contributed by atoms with Crippen molar-refractivity contribution >= 4 is 0 Å². The minimum atomic E-state index is -0.695. The van der Waals surface area contributed by atoms with Gasteiger partial charge in [-0.15, -0.1) is 0 Å². The van der Waals surface area contributed by atoms with Gasteiger partial charge < -0.3 is 14.9 Å². The molecular weight excluding hydrogens is 372 g/mol. The van der Waals surface area contributed by atoms with Crippen molar-refractivity contribution in [3.8, 4) is 5.75 Å². The number of aliphatic hydroxyl groups is 2. The Labute approximate surface area is 178 Å². The molecule has 0 radical (unpaired) electrons. The predicted molar refractivity (Wildman–Crippen MR) is 110 cm³/mol.